The highest BCUT2D eigenvalue weighted by Crippen LogP contribution is 2.20. The second kappa shape index (κ2) is 5.29. The quantitative estimate of drug-likeness (QED) is 0.401. The van der Waals surface area contributed by atoms with Crippen LogP contribution in [0.15, 0.2) is 35.5 Å². The highest BCUT2D eigenvalue weighted by Gasteiger charge is 2.26. The second-order valence-electron chi connectivity index (χ2n) is 3.27. The maximum absolute atomic E-state index is 11.2. The van der Waals surface area contributed by atoms with Gasteiger partial charge < -0.3 is 4.74 Å². The molecule has 0 atom stereocenters. The zero-order chi connectivity index (χ0) is 11.3. The smallest absolute Gasteiger partial charge is 0.342 e. The van der Waals surface area contributed by atoms with Gasteiger partial charge in [-0.15, -0.1) is 0 Å². The van der Waals surface area contributed by atoms with Gasteiger partial charge in [-0.1, -0.05) is 24.3 Å². The van der Waals surface area contributed by atoms with Crippen molar-refractivity contribution in [1.29, 1.82) is 0 Å². The molecule has 0 bridgehead atoms. The number of carbonyl (C=O) groups is 2. The minimum Gasteiger partial charge on any atom is -0.457 e. The van der Waals surface area contributed by atoms with E-state index in [4.69, 9.17) is 4.74 Å². The van der Waals surface area contributed by atoms with E-state index in [2.05, 4.69) is 0 Å². The molecule has 0 spiro atoms. The van der Waals surface area contributed by atoms with Gasteiger partial charge in [-0.25, -0.2) is 4.79 Å². The van der Waals surface area contributed by atoms with Crippen molar-refractivity contribution in [2.45, 2.75) is 20.3 Å². The predicted molar refractivity (Wildman–Crippen MR) is 57.2 cm³/mol. The SMILES string of the molecule is C/C=C/C=C/CC1=C(C(C)=O)C(=O)OC1. The van der Waals surface area contributed by atoms with Crippen molar-refractivity contribution >= 4 is 11.8 Å². The molecule has 1 rings (SSSR count). The maximum atomic E-state index is 11.2. The lowest BCUT2D eigenvalue weighted by molar-refractivity contribution is -0.137. The van der Waals surface area contributed by atoms with E-state index in [1.807, 2.05) is 31.2 Å². The fourth-order valence-corrected chi connectivity index (χ4v) is 1.39. The number of ether oxygens (including phenoxy) is 1. The fraction of sp³-hybridized carbons (Fsp3) is 0.333. The van der Waals surface area contributed by atoms with Gasteiger partial charge in [0.1, 0.15) is 12.2 Å². The van der Waals surface area contributed by atoms with Crippen LogP contribution in [-0.2, 0) is 14.3 Å². The van der Waals surface area contributed by atoms with Gasteiger partial charge in [0.2, 0.25) is 0 Å². The summed E-state index contributed by atoms with van der Waals surface area (Å²) in [5.41, 5.74) is 0.994. The van der Waals surface area contributed by atoms with Crippen LogP contribution in [0.5, 0.6) is 0 Å². The van der Waals surface area contributed by atoms with Gasteiger partial charge in [-0.05, 0) is 25.8 Å². The molecule has 0 amide bonds. The molecule has 0 saturated heterocycles. The number of esters is 1. The van der Waals surface area contributed by atoms with Crippen LogP contribution in [0.2, 0.25) is 0 Å². The first-order valence-corrected chi connectivity index (χ1v) is 4.84. The molecule has 0 aromatic carbocycles. The van der Waals surface area contributed by atoms with Gasteiger partial charge in [0.25, 0.3) is 0 Å². The number of hydrogen-bond acceptors (Lipinski definition) is 3. The Morgan fingerprint density at radius 3 is 2.80 bits per heavy atom. The lowest BCUT2D eigenvalue weighted by Gasteiger charge is -1.94. The molecule has 0 N–H and O–H groups in total. The van der Waals surface area contributed by atoms with E-state index < -0.39 is 5.97 Å². The second-order valence-corrected chi connectivity index (χ2v) is 3.27. The van der Waals surface area contributed by atoms with Gasteiger partial charge in [0, 0.05) is 0 Å². The number of cyclic esters (lactones) is 1. The molecule has 15 heavy (non-hydrogen) atoms. The maximum Gasteiger partial charge on any atom is 0.342 e. The predicted octanol–water partition coefficient (Wildman–Crippen LogP) is 1.95. The van der Waals surface area contributed by atoms with E-state index in [-0.39, 0.29) is 18.0 Å². The number of Topliss-reactive ketones (excluding diaryl/α,β-unsaturated/α-hetero) is 1. The van der Waals surface area contributed by atoms with Crippen LogP contribution in [0.1, 0.15) is 20.3 Å². The van der Waals surface area contributed by atoms with Crippen LogP contribution in [0, 0.1) is 0 Å². The molecule has 0 radical (unpaired) electrons. The van der Waals surface area contributed by atoms with Crippen LogP contribution >= 0.6 is 0 Å². The Labute approximate surface area is 89.1 Å². The van der Waals surface area contributed by atoms with E-state index in [0.29, 0.717) is 6.42 Å². The third-order valence-electron chi connectivity index (χ3n) is 2.09. The highest BCUT2D eigenvalue weighted by molar-refractivity contribution is 6.18. The monoisotopic (exact) mass is 206 g/mol. The summed E-state index contributed by atoms with van der Waals surface area (Å²) in [7, 11) is 0. The minimum atomic E-state index is -0.489. The molecule has 0 aromatic heterocycles. The van der Waals surface area contributed by atoms with E-state index in [1.165, 1.54) is 6.92 Å². The van der Waals surface area contributed by atoms with Crippen molar-refractivity contribution in [1.82, 2.24) is 0 Å². The molecule has 80 valence electrons. The van der Waals surface area contributed by atoms with Crippen LogP contribution in [0.3, 0.4) is 0 Å². The summed E-state index contributed by atoms with van der Waals surface area (Å²) in [5, 5.41) is 0. The van der Waals surface area contributed by atoms with Crippen molar-refractivity contribution in [3.05, 3.63) is 35.5 Å². The Kier molecular flexibility index (Phi) is 4.03. The lowest BCUT2D eigenvalue weighted by Crippen LogP contribution is -2.06. The summed E-state index contributed by atoms with van der Waals surface area (Å²) in [4.78, 5) is 22.3. The number of allylic oxidation sites excluding steroid dienone is 4. The Morgan fingerprint density at radius 2 is 2.20 bits per heavy atom. The van der Waals surface area contributed by atoms with Gasteiger partial charge in [0.15, 0.2) is 5.78 Å². The summed E-state index contributed by atoms with van der Waals surface area (Å²) in [6, 6.07) is 0. The summed E-state index contributed by atoms with van der Waals surface area (Å²) < 4.78 is 4.81. The molecule has 1 heterocycles. The van der Waals surface area contributed by atoms with E-state index >= 15 is 0 Å². The largest absolute Gasteiger partial charge is 0.457 e. The van der Waals surface area contributed by atoms with Crippen LogP contribution in [0.4, 0.5) is 0 Å². The third kappa shape index (κ3) is 2.91. The standard InChI is InChI=1S/C12H14O3/c1-3-4-5-6-7-10-8-15-12(14)11(10)9(2)13/h3-6H,7-8H2,1-2H3/b4-3+,6-5+. The van der Waals surface area contributed by atoms with Crippen LogP contribution < -0.4 is 0 Å². The summed E-state index contributed by atoms with van der Waals surface area (Å²) in [6.07, 6.45) is 8.18. The molecule has 0 fully saturated rings. The average Bonchev–Trinajstić information content (AvgIpc) is 2.54. The number of hydrogen-bond donors (Lipinski definition) is 0. The first-order valence-electron chi connectivity index (χ1n) is 4.84. The summed E-state index contributed by atoms with van der Waals surface area (Å²) >= 11 is 0. The number of rotatable bonds is 4. The van der Waals surface area contributed by atoms with Gasteiger partial charge in [-0.3, -0.25) is 4.79 Å². The Bertz CT molecular complexity index is 359. The lowest BCUT2D eigenvalue weighted by atomic mass is 10.0. The number of carbonyl (C=O) groups excluding carboxylic acids is 2. The third-order valence-corrected chi connectivity index (χ3v) is 2.09. The molecule has 1 aliphatic heterocycles. The summed E-state index contributed by atoms with van der Waals surface area (Å²) in [6.45, 7) is 3.55. The average molecular weight is 206 g/mol. The van der Waals surface area contributed by atoms with Crippen LogP contribution in [-0.4, -0.2) is 18.4 Å². The van der Waals surface area contributed by atoms with Crippen molar-refractivity contribution in [3.8, 4) is 0 Å². The molecule has 0 aromatic rings. The topological polar surface area (TPSA) is 43.4 Å². The Morgan fingerprint density at radius 1 is 1.47 bits per heavy atom. The molecule has 0 aliphatic carbocycles. The van der Waals surface area contributed by atoms with Gasteiger partial charge in [0.05, 0.1) is 0 Å². The molecular formula is C12H14O3. The van der Waals surface area contributed by atoms with Crippen LogP contribution in [0.25, 0.3) is 0 Å². The molecule has 3 nitrogen and oxygen atoms in total. The van der Waals surface area contributed by atoms with Gasteiger partial charge >= 0.3 is 5.97 Å². The zero-order valence-corrected chi connectivity index (χ0v) is 8.95. The Balaban J connectivity index is 2.74. The summed E-state index contributed by atoms with van der Waals surface area (Å²) in [5.74, 6) is -0.705. The first-order chi connectivity index (χ1) is 7.16. The zero-order valence-electron chi connectivity index (χ0n) is 8.95. The molecule has 0 saturated carbocycles. The molecule has 3 heteroatoms. The molecular weight excluding hydrogens is 192 g/mol. The molecule has 0 unspecified atom stereocenters. The van der Waals surface area contributed by atoms with E-state index in [0.717, 1.165) is 5.57 Å². The normalized spacial score (nSPS) is 16.8. The van der Waals surface area contributed by atoms with Crippen molar-refractivity contribution in [2.24, 2.45) is 0 Å². The van der Waals surface area contributed by atoms with E-state index in [9.17, 15) is 9.59 Å². The highest BCUT2D eigenvalue weighted by atomic mass is 16.5. The number of ketones is 1. The van der Waals surface area contributed by atoms with Gasteiger partial charge in [-0.2, -0.15) is 0 Å². The fourth-order valence-electron chi connectivity index (χ4n) is 1.39. The van der Waals surface area contributed by atoms with E-state index in [1.54, 1.807) is 0 Å². The first kappa shape index (κ1) is 11.4. The van der Waals surface area contributed by atoms with Crippen molar-refractivity contribution in [2.75, 3.05) is 6.61 Å². The Hall–Kier alpha value is -1.64. The molecule has 1 aliphatic rings. The van der Waals surface area contributed by atoms with Crippen molar-refractivity contribution < 1.29 is 14.3 Å². The minimum absolute atomic E-state index is 0.216. The van der Waals surface area contributed by atoms with Crippen molar-refractivity contribution in [3.63, 3.8) is 0 Å².